The summed E-state index contributed by atoms with van der Waals surface area (Å²) in [5.74, 6) is -15.1. The summed E-state index contributed by atoms with van der Waals surface area (Å²) >= 11 is 7.21. The number of phenolic OH excluding ortho intramolecular Hbond substituents is 1. The number of carbonyl (C=O) groups is 9. The summed E-state index contributed by atoms with van der Waals surface area (Å²) in [6.45, 7) is 5.30. The number of amides is 9. The predicted molar refractivity (Wildman–Crippen MR) is 424 cm³/mol. The van der Waals surface area contributed by atoms with Gasteiger partial charge in [-0.1, -0.05) is 49.7 Å². The zero-order valence-corrected chi connectivity index (χ0v) is 67.1. The second-order valence-electron chi connectivity index (χ2n) is 32.3. The standard InChI is InChI=1S/C84H98ClN11O24/c1-35(2)19-52(88-6)76(106)95-67-69(100)40-8-12-54(36(3)20-40)117-58-29-45-30-59(74(58)120-83-73(104)72(103)71(102)60(34-97)119-83)118-55-13-9-41(27-51(55)85)70(101)68-82(112)94-66(80(110)91-63-43-22-37-21-38(24-43)25-44(63)23-37)48-31-46(98)32-50-62(48)47-26-39(7-11-49(47)84(50,113)114)64(78(108)96-68)93-79(109)65(45)92-77(107)53(89-81(67)111)33-61(99)90-75(105)42-10-14-56(115-17-15-86-4)57(28-42)116-18-16-87-5/h7-14,20,26-32,35,37-38,43-44,52-53,60,63-73,83,86-88,97-98,100-104,113-114H,15-19,21-25,33-34H2,1-6H3,(H,89,111)(H,91,110)(H,92,107)(H,93,109)(H,94,112)(H,95,106)(H,96,108)(H,90,99,105)/t37?,38?,43?,44?,52-,53+,60-,63?,64-,65-,66+,67-,68+,69-,70-,71-,72+,73-,83+/m1/s1. The molecule has 0 radical (unpaired) electrons. The van der Waals surface area contributed by atoms with Gasteiger partial charge in [-0.2, -0.15) is 0 Å². The third-order valence-electron chi connectivity index (χ3n) is 23.6. The number of aryl methyl sites for hydroxylation is 1. The maximum Gasteiger partial charge on any atom is 0.257 e. The molecule has 4 saturated carbocycles. The van der Waals surface area contributed by atoms with Crippen LogP contribution in [0.1, 0.15) is 144 Å². The molecular weight excluding hydrogens is 1580 g/mol. The van der Waals surface area contributed by atoms with Crippen molar-refractivity contribution < 1.29 is 118 Å². The summed E-state index contributed by atoms with van der Waals surface area (Å²) in [5, 5.41) is 136. The summed E-state index contributed by atoms with van der Waals surface area (Å²) in [5.41, 5.74) is -1.94. The first-order chi connectivity index (χ1) is 57.3. The van der Waals surface area contributed by atoms with E-state index in [1.807, 2.05) is 13.8 Å². The smallest absolute Gasteiger partial charge is 0.257 e. The van der Waals surface area contributed by atoms with Gasteiger partial charge >= 0.3 is 0 Å². The van der Waals surface area contributed by atoms with E-state index in [0.29, 0.717) is 24.9 Å². The van der Waals surface area contributed by atoms with E-state index in [9.17, 15) is 60.3 Å². The maximum absolute atomic E-state index is 16.6. The third-order valence-corrected chi connectivity index (χ3v) is 23.9. The fourth-order valence-corrected chi connectivity index (χ4v) is 18.0. The van der Waals surface area contributed by atoms with Gasteiger partial charge in [-0.15, -0.1) is 0 Å². The van der Waals surface area contributed by atoms with Crippen LogP contribution in [-0.4, -0.2) is 214 Å². The average Bonchev–Trinajstić information content (AvgIpc) is 1.55. The highest BCUT2D eigenvalue weighted by Crippen LogP contribution is 2.56. The van der Waals surface area contributed by atoms with E-state index >= 15 is 28.8 Å². The van der Waals surface area contributed by atoms with E-state index in [-0.39, 0.29) is 127 Å². The van der Waals surface area contributed by atoms with Crippen LogP contribution in [0.2, 0.25) is 5.02 Å². The van der Waals surface area contributed by atoms with E-state index in [4.69, 9.17) is 40.0 Å². The predicted octanol–water partition coefficient (Wildman–Crippen LogP) is 1.14. The summed E-state index contributed by atoms with van der Waals surface area (Å²) in [4.78, 5) is 139. The number of benzene rings is 6. The quantitative estimate of drug-likeness (QED) is 0.0355. The molecule has 11 aliphatic rings. The van der Waals surface area contributed by atoms with Crippen LogP contribution in [0.3, 0.4) is 0 Å². The van der Waals surface area contributed by atoms with Gasteiger partial charge in [0.15, 0.2) is 23.0 Å². The Morgan fingerprint density at radius 1 is 0.625 bits per heavy atom. The zero-order chi connectivity index (χ0) is 85.6. The molecule has 35 nitrogen and oxygen atoms in total. The van der Waals surface area contributed by atoms with Crippen molar-refractivity contribution >= 4 is 64.8 Å². The summed E-state index contributed by atoms with van der Waals surface area (Å²) in [6.07, 6.45) is -10.6. The highest BCUT2D eigenvalue weighted by molar-refractivity contribution is 6.32. The Balaban J connectivity index is 0.946. The van der Waals surface area contributed by atoms with Crippen LogP contribution in [-0.2, 0) is 48.9 Å². The van der Waals surface area contributed by atoms with Crippen LogP contribution in [0.15, 0.2) is 97.1 Å². The van der Waals surface area contributed by atoms with Gasteiger partial charge in [0.25, 0.3) is 5.91 Å². The Bertz CT molecular complexity index is 4960. The van der Waals surface area contributed by atoms with Gasteiger partial charge in [0.05, 0.1) is 24.1 Å². The molecular formula is C84H98ClN11O24. The zero-order valence-electron chi connectivity index (χ0n) is 66.3. The average molecular weight is 1680 g/mol. The SMILES string of the molecule is CNCCOc1ccc(C(=O)NC(=O)C[C@@H]2NC(=O)[C@H](NC(=O)[C@@H](CC(C)C)NC)[C@H](O)c3ccc(c(C)c3)Oc3cc4cc(c3O[C@@H]3O[C@H](CO)[C@@H](O)[C@H](O)[C@H]3O)Oc3ccc(cc3Cl)[C@@H](O)[C@@H]3NC(=O)[C@H](NC(=O)[C@@H]4NC2=O)c2ccc4c(c2)-c2c(cc(O)cc2C4(O)O)[C@@H](C(=O)NC2C4CC5CC(C4)CC2C5)NC3=O)cc1OCCNC. The van der Waals surface area contributed by atoms with E-state index in [0.717, 1.165) is 62.4 Å². The normalized spacial score (nSPS) is 27.9. The molecule has 15 bridgehead atoms. The number of aliphatic hydroxyl groups is 8. The highest BCUT2D eigenvalue weighted by Gasteiger charge is 2.52. The Morgan fingerprint density at radius 3 is 1.91 bits per heavy atom. The number of imide groups is 1. The topological polar surface area (TPSA) is 523 Å². The fraction of sp³-hybridized carbons (Fsp3) is 0.464. The molecule has 0 unspecified atom stereocenters. The van der Waals surface area contributed by atoms with E-state index in [1.165, 1.54) is 80.7 Å². The lowest BCUT2D eigenvalue weighted by Gasteiger charge is -2.54. The van der Waals surface area contributed by atoms with E-state index in [1.54, 1.807) is 14.1 Å². The molecule has 0 spiro atoms. The molecule has 5 aliphatic carbocycles. The van der Waals surface area contributed by atoms with Crippen LogP contribution in [0.4, 0.5) is 0 Å². The van der Waals surface area contributed by atoms with Crippen molar-refractivity contribution in [2.75, 3.05) is 54.1 Å². The van der Waals surface area contributed by atoms with Crippen LogP contribution < -0.4 is 82.2 Å². The number of aliphatic hydroxyl groups excluding tert-OH is 6. The van der Waals surface area contributed by atoms with Gasteiger partial charge in [-0.05, 0) is 213 Å². The Labute approximate surface area is 693 Å². The van der Waals surface area contributed by atoms with Gasteiger partial charge in [0.1, 0.15) is 103 Å². The maximum atomic E-state index is 16.6. The minimum atomic E-state index is -2.98. The molecule has 640 valence electrons. The molecule has 6 aromatic carbocycles. The number of hydrogen-bond donors (Lipinski definition) is 20. The molecule has 6 aliphatic heterocycles. The van der Waals surface area contributed by atoms with Crippen molar-refractivity contribution in [3.63, 3.8) is 0 Å². The molecule has 6 aromatic rings. The van der Waals surface area contributed by atoms with Crippen LogP contribution >= 0.6 is 11.6 Å². The number of likely N-dealkylation sites (N-methyl/N-ethyl adjacent to an activating group) is 3. The van der Waals surface area contributed by atoms with Crippen LogP contribution in [0.5, 0.6) is 46.0 Å². The minimum absolute atomic E-state index is 0.0563. The van der Waals surface area contributed by atoms with Crippen molar-refractivity contribution in [2.45, 2.75) is 163 Å². The van der Waals surface area contributed by atoms with Crippen LogP contribution in [0.25, 0.3) is 11.1 Å². The lowest BCUT2D eigenvalue weighted by Crippen LogP contribution is -2.60. The number of carbonyl (C=O) groups excluding carboxylic acids is 9. The molecule has 14 atom stereocenters. The molecule has 36 heteroatoms. The summed E-state index contributed by atoms with van der Waals surface area (Å²) < 4.78 is 37.6. The van der Waals surface area contributed by atoms with E-state index in [2.05, 4.69) is 58.5 Å². The molecule has 120 heavy (non-hydrogen) atoms. The van der Waals surface area contributed by atoms with Gasteiger partial charge < -0.3 is 128 Å². The van der Waals surface area contributed by atoms with Crippen molar-refractivity contribution in [1.29, 1.82) is 0 Å². The molecule has 6 heterocycles. The lowest BCUT2D eigenvalue weighted by atomic mass is 9.54. The number of rotatable bonds is 21. The molecule has 17 rings (SSSR count). The minimum Gasteiger partial charge on any atom is -0.508 e. The third kappa shape index (κ3) is 17.5. The highest BCUT2D eigenvalue weighted by atomic mass is 35.5. The second kappa shape index (κ2) is 35.6. The molecule has 0 aromatic heterocycles. The first-order valence-corrected chi connectivity index (χ1v) is 40.3. The number of halogens is 1. The molecule has 5 fully saturated rings. The van der Waals surface area contributed by atoms with Crippen LogP contribution in [0, 0.1) is 36.5 Å². The fourth-order valence-electron chi connectivity index (χ4n) is 17.7. The number of fused-ring (bicyclic) bond motifs is 12. The van der Waals surface area contributed by atoms with Gasteiger partial charge in [-0.25, -0.2) is 0 Å². The van der Waals surface area contributed by atoms with Crippen molar-refractivity contribution in [3.8, 4) is 57.1 Å². The van der Waals surface area contributed by atoms with Gasteiger partial charge in [-0.3, -0.25) is 48.5 Å². The largest absolute Gasteiger partial charge is 0.508 e. The van der Waals surface area contributed by atoms with Crippen molar-refractivity contribution in [2.24, 2.45) is 29.6 Å². The monoisotopic (exact) mass is 1680 g/mol. The molecule has 9 amide bonds. The number of nitrogens with one attached hydrogen (secondary N) is 11. The van der Waals surface area contributed by atoms with Gasteiger partial charge in [0, 0.05) is 35.8 Å². The molecule has 20 N–H and O–H groups in total. The van der Waals surface area contributed by atoms with Crippen molar-refractivity contribution in [1.82, 2.24) is 58.5 Å². The summed E-state index contributed by atoms with van der Waals surface area (Å²) in [6, 6.07) is 5.40. The first-order valence-electron chi connectivity index (χ1n) is 39.9. The number of aromatic hydroxyl groups is 1. The van der Waals surface area contributed by atoms with Gasteiger partial charge in [0.2, 0.25) is 65.1 Å². The Hall–Kier alpha value is -10.6. The molecule has 1 saturated heterocycles. The van der Waals surface area contributed by atoms with E-state index < -0.39 is 186 Å². The Kier molecular flexibility index (Phi) is 25.4. The number of phenols is 1. The number of hydrogen-bond acceptors (Lipinski definition) is 27. The second-order valence-corrected chi connectivity index (χ2v) is 32.8. The number of ether oxygens (including phenoxy) is 6. The lowest BCUT2D eigenvalue weighted by molar-refractivity contribution is -0.277. The van der Waals surface area contributed by atoms with Crippen molar-refractivity contribution in [3.05, 3.63) is 152 Å². The summed E-state index contributed by atoms with van der Waals surface area (Å²) in [7, 11) is 4.90. The Morgan fingerprint density at radius 2 is 1.26 bits per heavy atom. The first kappa shape index (κ1) is 85.8.